The van der Waals surface area contributed by atoms with Gasteiger partial charge in [-0.25, -0.2) is 0 Å². The van der Waals surface area contributed by atoms with Gasteiger partial charge in [0.15, 0.2) is 0 Å². The van der Waals surface area contributed by atoms with Crippen molar-refractivity contribution in [1.29, 1.82) is 0 Å². The van der Waals surface area contributed by atoms with Crippen LogP contribution in [0.4, 0.5) is 5.69 Å². The van der Waals surface area contributed by atoms with Crippen LogP contribution in [0.3, 0.4) is 0 Å². The fourth-order valence-corrected chi connectivity index (χ4v) is 3.06. The van der Waals surface area contributed by atoms with Crippen LogP contribution in [-0.4, -0.2) is 24.6 Å². The van der Waals surface area contributed by atoms with E-state index < -0.39 is 5.97 Å². The van der Waals surface area contributed by atoms with E-state index in [1.807, 2.05) is 20.2 Å². The minimum Gasteiger partial charge on any atom is -0.550 e. The summed E-state index contributed by atoms with van der Waals surface area (Å²) in [5, 5.41) is 10.9. The predicted octanol–water partition coefficient (Wildman–Crippen LogP) is 3.20. The van der Waals surface area contributed by atoms with Crippen LogP contribution in [0, 0.1) is 6.92 Å². The van der Waals surface area contributed by atoms with Gasteiger partial charge in [0.05, 0.1) is 5.69 Å². The first kappa shape index (κ1) is 17.8. The number of carboxylic acids is 1. The number of nitrogens with zero attached hydrogens (tertiary/aromatic N) is 2. The second kappa shape index (κ2) is 7.48. The summed E-state index contributed by atoms with van der Waals surface area (Å²) in [6, 6.07) is 20.7. The Labute approximate surface area is 154 Å². The summed E-state index contributed by atoms with van der Waals surface area (Å²) in [5.41, 5.74) is 6.46. The summed E-state index contributed by atoms with van der Waals surface area (Å²) in [6.07, 6.45) is 0.441. The lowest BCUT2D eigenvalue weighted by Crippen LogP contribution is -2.22. The molecule has 0 aliphatic rings. The van der Waals surface area contributed by atoms with Gasteiger partial charge in [-0.3, -0.25) is 0 Å². The van der Waals surface area contributed by atoms with Gasteiger partial charge in [0.1, 0.15) is 0 Å². The van der Waals surface area contributed by atoms with E-state index in [2.05, 4.69) is 71.0 Å². The van der Waals surface area contributed by atoms with E-state index in [9.17, 15) is 9.90 Å². The Morgan fingerprint density at radius 1 is 0.962 bits per heavy atom. The summed E-state index contributed by atoms with van der Waals surface area (Å²) in [5.74, 6) is -1.03. The average Bonchev–Trinajstić information content (AvgIpc) is 3.04. The molecule has 3 rings (SSSR count). The molecule has 0 aliphatic heterocycles. The molecule has 0 aliphatic carbocycles. The zero-order chi connectivity index (χ0) is 18.7. The standard InChI is InChI=1S/C22H24N2O2/c1-16-4-6-17(7-5-16)21-14-12-20(13-15-22(25)26)24(21)19-10-8-18(9-11-19)23(2)3/h4-12,14H,13,15H2,1-3H3,(H,25,26)/p-1. The molecule has 0 fully saturated rings. The Bertz CT molecular complexity index is 891. The monoisotopic (exact) mass is 347 g/mol. The molecular formula is C22H23N2O2-. The number of hydrogen-bond donors (Lipinski definition) is 0. The lowest BCUT2D eigenvalue weighted by atomic mass is 10.1. The van der Waals surface area contributed by atoms with Crippen molar-refractivity contribution in [1.82, 2.24) is 4.57 Å². The van der Waals surface area contributed by atoms with E-state index in [0.717, 1.165) is 28.3 Å². The van der Waals surface area contributed by atoms with Crippen LogP contribution in [-0.2, 0) is 11.2 Å². The van der Waals surface area contributed by atoms with Crippen molar-refractivity contribution in [3.05, 3.63) is 71.9 Å². The Morgan fingerprint density at radius 3 is 2.19 bits per heavy atom. The number of carbonyl (C=O) groups excluding carboxylic acids is 1. The summed E-state index contributed by atoms with van der Waals surface area (Å²) in [6.45, 7) is 2.06. The van der Waals surface area contributed by atoms with Crippen LogP contribution in [0.5, 0.6) is 0 Å². The molecule has 0 saturated heterocycles. The van der Waals surface area contributed by atoms with E-state index in [1.165, 1.54) is 5.56 Å². The second-order valence-electron chi connectivity index (χ2n) is 6.69. The first-order chi connectivity index (χ1) is 12.5. The van der Waals surface area contributed by atoms with Crippen LogP contribution < -0.4 is 10.0 Å². The van der Waals surface area contributed by atoms with Gasteiger partial charge in [0, 0.05) is 37.1 Å². The lowest BCUT2D eigenvalue weighted by molar-refractivity contribution is -0.305. The third-order valence-corrected chi connectivity index (χ3v) is 4.52. The molecule has 0 spiro atoms. The van der Waals surface area contributed by atoms with Gasteiger partial charge < -0.3 is 19.4 Å². The van der Waals surface area contributed by atoms with Crippen molar-refractivity contribution in [2.24, 2.45) is 0 Å². The first-order valence-electron chi connectivity index (χ1n) is 8.71. The number of aryl methyl sites for hydroxylation is 2. The highest BCUT2D eigenvalue weighted by Gasteiger charge is 2.12. The van der Waals surface area contributed by atoms with Gasteiger partial charge in [0.25, 0.3) is 0 Å². The predicted molar refractivity (Wildman–Crippen MR) is 104 cm³/mol. The molecule has 0 amide bonds. The van der Waals surface area contributed by atoms with Crippen molar-refractivity contribution in [3.8, 4) is 16.9 Å². The van der Waals surface area contributed by atoms with Crippen LogP contribution >= 0.6 is 0 Å². The Balaban J connectivity index is 2.07. The molecule has 26 heavy (non-hydrogen) atoms. The minimum atomic E-state index is -1.03. The minimum absolute atomic E-state index is 0.00708. The maximum absolute atomic E-state index is 10.9. The summed E-state index contributed by atoms with van der Waals surface area (Å²) >= 11 is 0. The number of carboxylic acid groups (broad SMARTS) is 1. The van der Waals surface area contributed by atoms with Crippen LogP contribution in [0.15, 0.2) is 60.7 Å². The summed E-state index contributed by atoms with van der Waals surface area (Å²) < 4.78 is 2.13. The molecule has 4 nitrogen and oxygen atoms in total. The normalized spacial score (nSPS) is 10.7. The van der Waals surface area contributed by atoms with Gasteiger partial charge in [-0.15, -0.1) is 0 Å². The van der Waals surface area contributed by atoms with Crippen molar-refractivity contribution < 1.29 is 9.90 Å². The molecule has 0 radical (unpaired) electrons. The van der Waals surface area contributed by atoms with E-state index in [0.29, 0.717) is 6.42 Å². The fourth-order valence-electron chi connectivity index (χ4n) is 3.06. The van der Waals surface area contributed by atoms with Crippen LogP contribution in [0.2, 0.25) is 0 Å². The Kier molecular flexibility index (Phi) is 5.12. The Hall–Kier alpha value is -3.01. The van der Waals surface area contributed by atoms with E-state index >= 15 is 0 Å². The van der Waals surface area contributed by atoms with Gasteiger partial charge in [-0.05, 0) is 61.7 Å². The number of aliphatic carboxylic acids is 1. The molecule has 0 unspecified atom stereocenters. The molecule has 0 bridgehead atoms. The van der Waals surface area contributed by atoms with Crippen molar-refractivity contribution in [2.45, 2.75) is 19.8 Å². The van der Waals surface area contributed by atoms with Crippen molar-refractivity contribution in [3.63, 3.8) is 0 Å². The molecule has 4 heteroatoms. The van der Waals surface area contributed by atoms with Gasteiger partial charge in [0.2, 0.25) is 0 Å². The zero-order valence-corrected chi connectivity index (χ0v) is 15.4. The maximum atomic E-state index is 10.9. The largest absolute Gasteiger partial charge is 0.550 e. The van der Waals surface area contributed by atoms with Crippen LogP contribution in [0.1, 0.15) is 17.7 Å². The summed E-state index contributed by atoms with van der Waals surface area (Å²) in [4.78, 5) is 13.0. The Morgan fingerprint density at radius 2 is 1.62 bits per heavy atom. The fraction of sp³-hybridized carbons (Fsp3) is 0.227. The molecule has 1 aromatic heterocycles. The zero-order valence-electron chi connectivity index (χ0n) is 15.4. The SMILES string of the molecule is Cc1ccc(-c2ccc(CCC(=O)[O-])n2-c2ccc(N(C)C)cc2)cc1. The van der Waals surface area contributed by atoms with E-state index in [-0.39, 0.29) is 6.42 Å². The summed E-state index contributed by atoms with van der Waals surface area (Å²) in [7, 11) is 4.02. The lowest BCUT2D eigenvalue weighted by Gasteiger charge is -2.17. The first-order valence-corrected chi connectivity index (χ1v) is 8.71. The number of benzene rings is 2. The molecule has 0 atom stereocenters. The number of aromatic nitrogens is 1. The molecule has 134 valence electrons. The van der Waals surface area contributed by atoms with E-state index in [4.69, 9.17) is 0 Å². The van der Waals surface area contributed by atoms with Gasteiger partial charge >= 0.3 is 0 Å². The molecule has 0 saturated carbocycles. The quantitative estimate of drug-likeness (QED) is 0.688. The molecule has 3 aromatic rings. The maximum Gasteiger partial charge on any atom is 0.0531 e. The number of rotatable bonds is 6. The van der Waals surface area contributed by atoms with Crippen molar-refractivity contribution in [2.75, 3.05) is 19.0 Å². The molecule has 2 aromatic carbocycles. The molecule has 0 N–H and O–H groups in total. The highest BCUT2D eigenvalue weighted by Crippen LogP contribution is 2.28. The van der Waals surface area contributed by atoms with Crippen LogP contribution in [0.25, 0.3) is 16.9 Å². The van der Waals surface area contributed by atoms with E-state index in [1.54, 1.807) is 0 Å². The van der Waals surface area contributed by atoms with Gasteiger partial charge in [-0.1, -0.05) is 29.8 Å². The average molecular weight is 347 g/mol. The molecule has 1 heterocycles. The number of carbonyl (C=O) groups is 1. The van der Waals surface area contributed by atoms with Gasteiger partial charge in [-0.2, -0.15) is 0 Å². The third kappa shape index (κ3) is 3.80. The second-order valence-corrected chi connectivity index (χ2v) is 6.69. The number of anilines is 1. The smallest absolute Gasteiger partial charge is 0.0531 e. The number of hydrogen-bond acceptors (Lipinski definition) is 3. The molecular weight excluding hydrogens is 324 g/mol. The van der Waals surface area contributed by atoms with Crippen molar-refractivity contribution >= 4 is 11.7 Å². The highest BCUT2D eigenvalue weighted by atomic mass is 16.4. The highest BCUT2D eigenvalue weighted by molar-refractivity contribution is 5.67. The topological polar surface area (TPSA) is 48.3 Å². The third-order valence-electron chi connectivity index (χ3n) is 4.52.